The van der Waals surface area contributed by atoms with E-state index in [1.165, 1.54) is 28.7 Å². The van der Waals surface area contributed by atoms with Crippen molar-refractivity contribution in [2.24, 2.45) is 7.05 Å². The minimum Gasteiger partial charge on any atom is -0.338 e. The van der Waals surface area contributed by atoms with E-state index in [1.807, 2.05) is 0 Å². The van der Waals surface area contributed by atoms with Gasteiger partial charge in [-0.1, -0.05) is 18.2 Å². The molecule has 3 rings (SSSR count). The summed E-state index contributed by atoms with van der Waals surface area (Å²) in [5.74, 6) is -0.0509. The van der Waals surface area contributed by atoms with Gasteiger partial charge < -0.3 is 9.47 Å². The van der Waals surface area contributed by atoms with Gasteiger partial charge in [0.25, 0.3) is 10.0 Å². The number of hydrogen-bond donors (Lipinski definition) is 0. The van der Waals surface area contributed by atoms with E-state index in [0.29, 0.717) is 30.9 Å². The fourth-order valence-electron chi connectivity index (χ4n) is 3.01. The van der Waals surface area contributed by atoms with Gasteiger partial charge in [0.15, 0.2) is 5.03 Å². The number of imidazole rings is 1. The summed E-state index contributed by atoms with van der Waals surface area (Å²) in [6.07, 6.45) is 4.78. The fraction of sp³-hybridized carbons (Fsp3) is 0.368. The number of aromatic nitrogens is 2. The standard InChI is InChI=1S/C19H23FN4O3S/c1-15-21-18(14-22(15)2)28(26,27)24-11-5-10-23(12-13-24)19(25)9-8-16-6-3-4-7-17(16)20/h3-4,6-9,14H,5,10-13H2,1-2H3/b9-8+. The maximum atomic E-state index is 13.7. The minimum absolute atomic E-state index is 0.0201. The van der Waals surface area contributed by atoms with Crippen molar-refractivity contribution in [3.8, 4) is 0 Å². The predicted molar refractivity (Wildman–Crippen MR) is 103 cm³/mol. The maximum absolute atomic E-state index is 13.7. The second kappa shape index (κ2) is 8.24. The first-order chi connectivity index (χ1) is 13.3. The van der Waals surface area contributed by atoms with Crippen molar-refractivity contribution < 1.29 is 17.6 Å². The Balaban J connectivity index is 1.67. The van der Waals surface area contributed by atoms with Crippen LogP contribution in [0.25, 0.3) is 6.08 Å². The molecule has 0 unspecified atom stereocenters. The Bertz CT molecular complexity index is 981. The third-order valence-electron chi connectivity index (χ3n) is 4.77. The lowest BCUT2D eigenvalue weighted by Gasteiger charge is -2.20. The highest BCUT2D eigenvalue weighted by molar-refractivity contribution is 7.89. The van der Waals surface area contributed by atoms with Crippen molar-refractivity contribution in [3.05, 3.63) is 53.7 Å². The van der Waals surface area contributed by atoms with Crippen LogP contribution < -0.4 is 0 Å². The topological polar surface area (TPSA) is 75.5 Å². The molecule has 1 amide bonds. The van der Waals surface area contributed by atoms with Gasteiger partial charge in [0.2, 0.25) is 5.91 Å². The highest BCUT2D eigenvalue weighted by Crippen LogP contribution is 2.17. The average Bonchev–Trinajstić information content (AvgIpc) is 2.87. The van der Waals surface area contributed by atoms with Crippen molar-refractivity contribution >= 4 is 22.0 Å². The summed E-state index contributed by atoms with van der Waals surface area (Å²) in [5, 5.41) is 0.0201. The Morgan fingerprint density at radius 2 is 1.93 bits per heavy atom. The molecule has 0 radical (unpaired) electrons. The van der Waals surface area contributed by atoms with Crippen LogP contribution in [0.15, 0.2) is 41.6 Å². The Hall–Kier alpha value is -2.52. The van der Waals surface area contributed by atoms with E-state index < -0.39 is 15.8 Å². The smallest absolute Gasteiger partial charge is 0.262 e. The van der Waals surface area contributed by atoms with Gasteiger partial charge in [-0.3, -0.25) is 4.79 Å². The zero-order valence-electron chi connectivity index (χ0n) is 15.9. The maximum Gasteiger partial charge on any atom is 0.262 e. The molecule has 1 aromatic carbocycles. The van der Waals surface area contributed by atoms with E-state index in [2.05, 4.69) is 4.98 Å². The van der Waals surface area contributed by atoms with E-state index in [-0.39, 0.29) is 24.0 Å². The Morgan fingerprint density at radius 3 is 2.61 bits per heavy atom. The van der Waals surface area contributed by atoms with Gasteiger partial charge in [-0.2, -0.15) is 4.31 Å². The number of benzene rings is 1. The van der Waals surface area contributed by atoms with Crippen LogP contribution in [0.3, 0.4) is 0 Å². The van der Waals surface area contributed by atoms with Crippen LogP contribution in [0, 0.1) is 12.7 Å². The molecule has 2 heterocycles. The summed E-state index contributed by atoms with van der Waals surface area (Å²) in [4.78, 5) is 18.1. The molecule has 1 fully saturated rings. The van der Waals surface area contributed by atoms with E-state index >= 15 is 0 Å². The quantitative estimate of drug-likeness (QED) is 0.726. The van der Waals surface area contributed by atoms with Crippen LogP contribution >= 0.6 is 0 Å². The van der Waals surface area contributed by atoms with Crippen molar-refractivity contribution in [2.45, 2.75) is 18.4 Å². The molecule has 0 atom stereocenters. The molecule has 2 aromatic rings. The van der Waals surface area contributed by atoms with Gasteiger partial charge in [0.1, 0.15) is 11.6 Å². The van der Waals surface area contributed by atoms with Crippen LogP contribution in [0.2, 0.25) is 0 Å². The summed E-state index contributed by atoms with van der Waals surface area (Å²) in [6, 6.07) is 6.20. The number of nitrogens with zero attached hydrogens (tertiary/aromatic N) is 4. The summed E-state index contributed by atoms with van der Waals surface area (Å²) >= 11 is 0. The first-order valence-corrected chi connectivity index (χ1v) is 10.4. The average molecular weight is 406 g/mol. The van der Waals surface area contributed by atoms with Crippen molar-refractivity contribution in [1.29, 1.82) is 0 Å². The molecule has 0 spiro atoms. The Morgan fingerprint density at radius 1 is 1.18 bits per heavy atom. The van der Waals surface area contributed by atoms with Crippen LogP contribution in [-0.4, -0.2) is 59.3 Å². The molecule has 7 nitrogen and oxygen atoms in total. The van der Waals surface area contributed by atoms with Gasteiger partial charge in [-0.15, -0.1) is 0 Å². The summed E-state index contributed by atoms with van der Waals surface area (Å²) < 4.78 is 42.3. The molecule has 150 valence electrons. The second-order valence-corrected chi connectivity index (χ2v) is 8.56. The number of carbonyl (C=O) groups excluding carboxylic acids is 1. The molecule has 1 aliphatic rings. The molecule has 0 bridgehead atoms. The fourth-order valence-corrected chi connectivity index (χ4v) is 4.51. The van der Waals surface area contributed by atoms with E-state index in [0.717, 1.165) is 0 Å². The molecule has 1 saturated heterocycles. The van der Waals surface area contributed by atoms with E-state index in [9.17, 15) is 17.6 Å². The van der Waals surface area contributed by atoms with Gasteiger partial charge in [0.05, 0.1) is 0 Å². The Labute approximate surface area is 164 Å². The van der Waals surface area contributed by atoms with E-state index in [4.69, 9.17) is 0 Å². The monoisotopic (exact) mass is 406 g/mol. The predicted octanol–water partition coefficient (Wildman–Crippen LogP) is 1.80. The summed E-state index contributed by atoms with van der Waals surface area (Å²) in [6.45, 7) is 2.96. The molecule has 0 N–H and O–H groups in total. The summed E-state index contributed by atoms with van der Waals surface area (Å²) in [5.41, 5.74) is 0.334. The van der Waals surface area contributed by atoms with Crippen molar-refractivity contribution in [2.75, 3.05) is 26.2 Å². The number of sulfonamides is 1. The number of amides is 1. The highest BCUT2D eigenvalue weighted by atomic mass is 32.2. The largest absolute Gasteiger partial charge is 0.338 e. The third kappa shape index (κ3) is 4.31. The van der Waals surface area contributed by atoms with E-state index in [1.54, 1.807) is 41.6 Å². The summed E-state index contributed by atoms with van der Waals surface area (Å²) in [7, 11) is -1.96. The molecular weight excluding hydrogens is 383 g/mol. The molecular formula is C19H23FN4O3S. The van der Waals surface area contributed by atoms with Crippen LogP contribution in [0.1, 0.15) is 17.8 Å². The highest BCUT2D eigenvalue weighted by Gasteiger charge is 2.29. The second-order valence-electron chi connectivity index (χ2n) is 6.68. The first kappa shape index (κ1) is 20.2. The lowest BCUT2D eigenvalue weighted by atomic mass is 10.2. The van der Waals surface area contributed by atoms with Gasteiger partial charge in [-0.25, -0.2) is 17.8 Å². The molecule has 0 saturated carbocycles. The minimum atomic E-state index is -3.70. The molecule has 9 heteroatoms. The normalized spacial score (nSPS) is 16.5. The molecule has 28 heavy (non-hydrogen) atoms. The number of halogens is 1. The molecule has 1 aliphatic heterocycles. The van der Waals surface area contributed by atoms with Crippen molar-refractivity contribution in [3.63, 3.8) is 0 Å². The van der Waals surface area contributed by atoms with Crippen molar-refractivity contribution in [1.82, 2.24) is 18.8 Å². The third-order valence-corrected chi connectivity index (χ3v) is 6.54. The van der Waals surface area contributed by atoms with Crippen LogP contribution in [0.4, 0.5) is 4.39 Å². The molecule has 0 aliphatic carbocycles. The number of hydrogen-bond acceptors (Lipinski definition) is 4. The van der Waals surface area contributed by atoms with Gasteiger partial charge in [-0.05, 0) is 25.5 Å². The van der Waals surface area contributed by atoms with Crippen LogP contribution in [0.5, 0.6) is 0 Å². The number of carbonyl (C=O) groups is 1. The Kier molecular flexibility index (Phi) is 5.95. The zero-order valence-corrected chi connectivity index (χ0v) is 16.7. The lowest BCUT2D eigenvalue weighted by molar-refractivity contribution is -0.125. The number of rotatable bonds is 4. The zero-order chi connectivity index (χ0) is 20.3. The molecule has 1 aromatic heterocycles. The SMILES string of the molecule is Cc1nc(S(=O)(=O)N2CCCN(C(=O)/C=C/c3ccccc3F)CC2)cn1C. The van der Waals surface area contributed by atoms with Gasteiger partial charge >= 0.3 is 0 Å². The first-order valence-electron chi connectivity index (χ1n) is 9.00. The van der Waals surface area contributed by atoms with Gasteiger partial charge in [0, 0.05) is 51.1 Å². The lowest BCUT2D eigenvalue weighted by Crippen LogP contribution is -2.37. The van der Waals surface area contributed by atoms with Crippen LogP contribution in [-0.2, 0) is 21.9 Å². The number of aryl methyl sites for hydroxylation is 2.